The van der Waals surface area contributed by atoms with Crippen molar-refractivity contribution in [1.82, 2.24) is 9.21 Å². The smallest absolute Gasteiger partial charge is 0.243 e. The molecule has 0 saturated carbocycles. The molecule has 0 unspecified atom stereocenters. The molecule has 1 aliphatic heterocycles. The van der Waals surface area contributed by atoms with E-state index in [9.17, 15) is 8.42 Å². The molecule has 0 amide bonds. The van der Waals surface area contributed by atoms with Gasteiger partial charge in [-0.25, -0.2) is 8.42 Å². The van der Waals surface area contributed by atoms with E-state index in [1.165, 1.54) is 0 Å². The van der Waals surface area contributed by atoms with Crippen molar-refractivity contribution in [2.24, 2.45) is 5.73 Å². The van der Waals surface area contributed by atoms with Crippen molar-refractivity contribution in [3.63, 3.8) is 0 Å². The predicted molar refractivity (Wildman–Crippen MR) is 91.9 cm³/mol. The summed E-state index contributed by atoms with van der Waals surface area (Å²) in [7, 11) is -3.37. The molecule has 1 fully saturated rings. The molecule has 2 rings (SSSR count). The van der Waals surface area contributed by atoms with E-state index in [0.717, 1.165) is 25.2 Å². The first-order valence-corrected chi connectivity index (χ1v) is 8.70. The van der Waals surface area contributed by atoms with Crippen molar-refractivity contribution in [3.05, 3.63) is 29.8 Å². The van der Waals surface area contributed by atoms with Crippen LogP contribution in [0.1, 0.15) is 19.4 Å². The van der Waals surface area contributed by atoms with E-state index in [2.05, 4.69) is 4.90 Å². The SMILES string of the molecule is Cc1ccc(S(=O)(=O)N2CCN(CC(C)(C)N)CC2)cc1.Cl. The predicted octanol–water partition coefficient (Wildman–Crippen LogP) is 1.46. The van der Waals surface area contributed by atoms with Gasteiger partial charge >= 0.3 is 0 Å². The summed E-state index contributed by atoms with van der Waals surface area (Å²) in [6.45, 7) is 9.20. The lowest BCUT2D eigenvalue weighted by molar-refractivity contribution is 0.162. The molecule has 22 heavy (non-hydrogen) atoms. The summed E-state index contributed by atoms with van der Waals surface area (Å²) >= 11 is 0. The van der Waals surface area contributed by atoms with Crippen LogP contribution >= 0.6 is 12.4 Å². The molecule has 1 saturated heterocycles. The van der Waals surface area contributed by atoms with Crippen LogP contribution < -0.4 is 5.73 Å². The third kappa shape index (κ3) is 4.93. The number of sulfonamides is 1. The number of hydrogen-bond acceptors (Lipinski definition) is 4. The fraction of sp³-hybridized carbons (Fsp3) is 0.600. The van der Waals surface area contributed by atoms with Crippen molar-refractivity contribution < 1.29 is 8.42 Å². The molecular formula is C15H26ClN3O2S. The van der Waals surface area contributed by atoms with Gasteiger partial charge in [0.15, 0.2) is 0 Å². The second-order valence-corrected chi connectivity index (χ2v) is 8.42. The number of hydrogen-bond donors (Lipinski definition) is 1. The van der Waals surface area contributed by atoms with E-state index >= 15 is 0 Å². The Bertz CT molecular complexity index is 574. The van der Waals surface area contributed by atoms with Gasteiger partial charge in [0, 0.05) is 38.3 Å². The molecular weight excluding hydrogens is 322 g/mol. The van der Waals surface area contributed by atoms with Crippen molar-refractivity contribution in [2.45, 2.75) is 31.2 Å². The number of benzene rings is 1. The van der Waals surface area contributed by atoms with Crippen molar-refractivity contribution in [1.29, 1.82) is 0 Å². The number of rotatable bonds is 4. The number of nitrogens with two attached hydrogens (primary N) is 1. The fourth-order valence-corrected chi connectivity index (χ4v) is 3.99. The first kappa shape index (κ1) is 19.4. The van der Waals surface area contributed by atoms with Gasteiger partial charge < -0.3 is 5.73 Å². The Morgan fingerprint density at radius 3 is 2.05 bits per heavy atom. The second kappa shape index (κ2) is 7.27. The van der Waals surface area contributed by atoms with Crippen LogP contribution in [0.4, 0.5) is 0 Å². The molecule has 126 valence electrons. The van der Waals surface area contributed by atoms with Gasteiger partial charge in [-0.3, -0.25) is 4.90 Å². The number of halogens is 1. The van der Waals surface area contributed by atoms with Crippen LogP contribution in [0.25, 0.3) is 0 Å². The Balaban J connectivity index is 0.00000242. The minimum atomic E-state index is -3.37. The summed E-state index contributed by atoms with van der Waals surface area (Å²) in [5.41, 5.74) is 6.83. The third-order valence-corrected chi connectivity index (χ3v) is 5.53. The first-order valence-electron chi connectivity index (χ1n) is 7.26. The second-order valence-electron chi connectivity index (χ2n) is 6.48. The van der Waals surface area contributed by atoms with Crippen LogP contribution in [0.3, 0.4) is 0 Å². The quantitative estimate of drug-likeness (QED) is 0.895. The van der Waals surface area contributed by atoms with Crippen LogP contribution in [-0.2, 0) is 10.0 Å². The van der Waals surface area contributed by atoms with E-state index in [1.807, 2.05) is 32.9 Å². The minimum absolute atomic E-state index is 0. The first-order chi connectivity index (χ1) is 9.68. The zero-order valence-electron chi connectivity index (χ0n) is 13.4. The maximum atomic E-state index is 12.6. The Labute approximate surface area is 139 Å². The maximum Gasteiger partial charge on any atom is 0.243 e. The molecule has 0 aliphatic carbocycles. The molecule has 7 heteroatoms. The average Bonchev–Trinajstić information content (AvgIpc) is 2.38. The average molecular weight is 348 g/mol. The standard InChI is InChI=1S/C15H25N3O2S.ClH/c1-13-4-6-14(7-5-13)21(19,20)18-10-8-17(9-11-18)12-15(2,3)16;/h4-7H,8-12,16H2,1-3H3;1H. The normalized spacial score (nSPS) is 18.0. The lowest BCUT2D eigenvalue weighted by Gasteiger charge is -2.37. The van der Waals surface area contributed by atoms with Crippen LogP contribution in [0, 0.1) is 6.92 Å². The van der Waals surface area contributed by atoms with Gasteiger partial charge in [-0.1, -0.05) is 17.7 Å². The molecule has 0 atom stereocenters. The van der Waals surface area contributed by atoms with Gasteiger partial charge in [-0.2, -0.15) is 4.31 Å². The summed E-state index contributed by atoms with van der Waals surface area (Å²) in [5, 5.41) is 0. The maximum absolute atomic E-state index is 12.6. The van der Waals surface area contributed by atoms with E-state index < -0.39 is 10.0 Å². The largest absolute Gasteiger partial charge is 0.324 e. The lowest BCUT2D eigenvalue weighted by Crippen LogP contribution is -2.53. The Morgan fingerprint density at radius 1 is 1.09 bits per heavy atom. The molecule has 2 N–H and O–H groups in total. The van der Waals surface area contributed by atoms with E-state index in [-0.39, 0.29) is 17.9 Å². The number of nitrogens with zero attached hydrogens (tertiary/aromatic N) is 2. The topological polar surface area (TPSA) is 66.6 Å². The summed E-state index contributed by atoms with van der Waals surface area (Å²) in [4.78, 5) is 2.60. The Hall–Kier alpha value is -0.660. The van der Waals surface area contributed by atoms with E-state index in [1.54, 1.807) is 16.4 Å². The zero-order chi connectivity index (χ0) is 15.7. The highest BCUT2D eigenvalue weighted by molar-refractivity contribution is 7.89. The van der Waals surface area contributed by atoms with Gasteiger partial charge in [-0.15, -0.1) is 12.4 Å². The summed E-state index contributed by atoms with van der Waals surface area (Å²) in [5.74, 6) is 0. The summed E-state index contributed by atoms with van der Waals surface area (Å²) in [6, 6.07) is 7.03. The molecule has 5 nitrogen and oxygen atoms in total. The molecule has 0 bridgehead atoms. The van der Waals surface area contributed by atoms with Gasteiger partial charge in [0.1, 0.15) is 0 Å². The summed E-state index contributed by atoms with van der Waals surface area (Å²) in [6.07, 6.45) is 0. The Kier molecular flexibility index (Phi) is 6.41. The van der Waals surface area contributed by atoms with Crippen LogP contribution in [0.15, 0.2) is 29.2 Å². The summed E-state index contributed by atoms with van der Waals surface area (Å²) < 4.78 is 26.7. The van der Waals surface area contributed by atoms with E-state index in [4.69, 9.17) is 5.73 Å². The monoisotopic (exact) mass is 347 g/mol. The van der Waals surface area contributed by atoms with Gasteiger partial charge in [0.05, 0.1) is 4.90 Å². The molecule has 1 aromatic carbocycles. The lowest BCUT2D eigenvalue weighted by atomic mass is 10.1. The van der Waals surface area contributed by atoms with Crippen LogP contribution in [0.2, 0.25) is 0 Å². The highest BCUT2D eigenvalue weighted by Crippen LogP contribution is 2.18. The van der Waals surface area contributed by atoms with Gasteiger partial charge in [-0.05, 0) is 32.9 Å². The zero-order valence-corrected chi connectivity index (χ0v) is 15.1. The molecule has 0 radical (unpaired) electrons. The molecule has 1 heterocycles. The molecule has 1 aromatic rings. The number of aryl methyl sites for hydroxylation is 1. The number of piperazine rings is 1. The van der Waals surface area contributed by atoms with Gasteiger partial charge in [0.2, 0.25) is 10.0 Å². The van der Waals surface area contributed by atoms with Crippen molar-refractivity contribution >= 4 is 22.4 Å². The molecule has 0 spiro atoms. The molecule has 0 aromatic heterocycles. The van der Waals surface area contributed by atoms with Crippen molar-refractivity contribution in [2.75, 3.05) is 32.7 Å². The highest BCUT2D eigenvalue weighted by atomic mass is 35.5. The van der Waals surface area contributed by atoms with Crippen molar-refractivity contribution in [3.8, 4) is 0 Å². The Morgan fingerprint density at radius 2 is 1.59 bits per heavy atom. The van der Waals surface area contributed by atoms with Crippen LogP contribution in [-0.4, -0.2) is 55.9 Å². The fourth-order valence-electron chi connectivity index (χ4n) is 2.56. The van der Waals surface area contributed by atoms with E-state index in [0.29, 0.717) is 18.0 Å². The third-order valence-electron chi connectivity index (χ3n) is 3.62. The molecule has 1 aliphatic rings. The van der Waals surface area contributed by atoms with Crippen LogP contribution in [0.5, 0.6) is 0 Å². The highest BCUT2D eigenvalue weighted by Gasteiger charge is 2.29. The minimum Gasteiger partial charge on any atom is -0.324 e. The van der Waals surface area contributed by atoms with Gasteiger partial charge in [0.25, 0.3) is 0 Å².